The van der Waals surface area contributed by atoms with Crippen molar-refractivity contribution in [2.24, 2.45) is 22.6 Å². The molecule has 6 heteroatoms. The number of hydrazine groups is 1. The predicted octanol–water partition coefficient (Wildman–Crippen LogP) is 2.43. The summed E-state index contributed by atoms with van der Waals surface area (Å²) in [6.07, 6.45) is 0. The Morgan fingerprint density at radius 2 is 1.95 bits per heavy atom. The second-order valence-electron chi connectivity index (χ2n) is 6.38. The first-order chi connectivity index (χ1) is 9.21. The SMILES string of the molecule is CC1(C)C(CNC(=O)c2nc(NN)ccc2Cl)C1(C)C. The van der Waals surface area contributed by atoms with Gasteiger partial charge in [-0.3, -0.25) is 4.79 Å². The van der Waals surface area contributed by atoms with Gasteiger partial charge in [0.2, 0.25) is 0 Å². The van der Waals surface area contributed by atoms with E-state index in [1.165, 1.54) is 0 Å². The van der Waals surface area contributed by atoms with E-state index in [1.54, 1.807) is 12.1 Å². The summed E-state index contributed by atoms with van der Waals surface area (Å²) in [6.45, 7) is 9.49. The van der Waals surface area contributed by atoms with Crippen molar-refractivity contribution in [2.75, 3.05) is 12.0 Å². The molecule has 0 aliphatic heterocycles. The van der Waals surface area contributed by atoms with Gasteiger partial charge in [0.15, 0.2) is 0 Å². The fourth-order valence-electron chi connectivity index (χ4n) is 2.80. The first kappa shape index (κ1) is 15.1. The summed E-state index contributed by atoms with van der Waals surface area (Å²) in [5.41, 5.74) is 3.06. The van der Waals surface area contributed by atoms with E-state index in [9.17, 15) is 4.79 Å². The molecule has 0 radical (unpaired) electrons. The number of nitrogens with two attached hydrogens (primary N) is 1. The molecule has 1 aliphatic carbocycles. The molecule has 1 heterocycles. The molecular weight excluding hydrogens is 276 g/mol. The van der Waals surface area contributed by atoms with Crippen LogP contribution in [-0.2, 0) is 0 Å². The Kier molecular flexibility index (Phi) is 3.69. The number of pyridine rings is 1. The first-order valence-electron chi connectivity index (χ1n) is 6.63. The highest BCUT2D eigenvalue weighted by atomic mass is 35.5. The van der Waals surface area contributed by atoms with Crippen molar-refractivity contribution in [3.63, 3.8) is 0 Å². The Morgan fingerprint density at radius 3 is 2.45 bits per heavy atom. The third-order valence-electron chi connectivity index (χ3n) is 5.00. The number of anilines is 1. The van der Waals surface area contributed by atoms with Crippen molar-refractivity contribution in [1.29, 1.82) is 0 Å². The fourth-order valence-corrected chi connectivity index (χ4v) is 2.99. The van der Waals surface area contributed by atoms with Crippen LogP contribution < -0.4 is 16.6 Å². The smallest absolute Gasteiger partial charge is 0.271 e. The molecule has 0 spiro atoms. The summed E-state index contributed by atoms with van der Waals surface area (Å²) < 4.78 is 0. The fraction of sp³-hybridized carbons (Fsp3) is 0.571. The van der Waals surface area contributed by atoms with Crippen molar-refractivity contribution >= 4 is 23.3 Å². The van der Waals surface area contributed by atoms with Gasteiger partial charge < -0.3 is 10.7 Å². The lowest BCUT2D eigenvalue weighted by atomic mass is 10.0. The quantitative estimate of drug-likeness (QED) is 0.589. The minimum absolute atomic E-state index is 0.193. The standard InChI is InChI=1S/C14H21ClN4O/c1-13(2)9(14(13,3)4)7-17-12(20)11-8(15)5-6-10(18-11)19-16/h5-6,9H,7,16H2,1-4H3,(H,17,20)(H,18,19). The van der Waals surface area contributed by atoms with Crippen LogP contribution in [0.3, 0.4) is 0 Å². The first-order valence-corrected chi connectivity index (χ1v) is 7.01. The van der Waals surface area contributed by atoms with E-state index in [4.69, 9.17) is 17.4 Å². The van der Waals surface area contributed by atoms with Gasteiger partial charge in [-0.05, 0) is 28.9 Å². The molecule has 1 saturated carbocycles. The van der Waals surface area contributed by atoms with Crippen LogP contribution in [0.4, 0.5) is 5.82 Å². The van der Waals surface area contributed by atoms with Crippen LogP contribution in [0.1, 0.15) is 38.2 Å². The van der Waals surface area contributed by atoms with E-state index < -0.39 is 0 Å². The van der Waals surface area contributed by atoms with E-state index in [0.29, 0.717) is 23.3 Å². The van der Waals surface area contributed by atoms with Gasteiger partial charge in [-0.2, -0.15) is 0 Å². The second kappa shape index (κ2) is 4.90. The van der Waals surface area contributed by atoms with Crippen LogP contribution in [0.2, 0.25) is 5.02 Å². The lowest BCUT2D eigenvalue weighted by molar-refractivity contribution is 0.0945. The summed E-state index contributed by atoms with van der Waals surface area (Å²) >= 11 is 6.00. The lowest BCUT2D eigenvalue weighted by Crippen LogP contribution is -2.28. The predicted molar refractivity (Wildman–Crippen MR) is 80.4 cm³/mol. The molecule has 1 aromatic rings. The van der Waals surface area contributed by atoms with E-state index in [0.717, 1.165) is 0 Å². The zero-order valence-electron chi connectivity index (χ0n) is 12.2. The third kappa shape index (κ3) is 2.36. The summed E-state index contributed by atoms with van der Waals surface area (Å²) in [4.78, 5) is 16.2. The maximum absolute atomic E-state index is 12.2. The van der Waals surface area contributed by atoms with Gasteiger partial charge in [0.25, 0.3) is 5.91 Å². The number of aromatic nitrogens is 1. The number of amides is 1. The van der Waals surface area contributed by atoms with Crippen LogP contribution in [0.15, 0.2) is 12.1 Å². The van der Waals surface area contributed by atoms with Gasteiger partial charge >= 0.3 is 0 Å². The summed E-state index contributed by atoms with van der Waals surface area (Å²) in [5, 5.41) is 3.23. The van der Waals surface area contributed by atoms with Crippen molar-refractivity contribution in [3.05, 3.63) is 22.8 Å². The number of hydrogen-bond donors (Lipinski definition) is 3. The third-order valence-corrected chi connectivity index (χ3v) is 5.30. The van der Waals surface area contributed by atoms with E-state index in [2.05, 4.69) is 43.4 Å². The molecule has 0 aromatic carbocycles. The Balaban J connectivity index is 2.03. The Hall–Kier alpha value is -1.33. The van der Waals surface area contributed by atoms with Gasteiger partial charge in [0, 0.05) is 6.54 Å². The van der Waals surface area contributed by atoms with Gasteiger partial charge in [-0.15, -0.1) is 0 Å². The highest BCUT2D eigenvalue weighted by Crippen LogP contribution is 2.67. The zero-order chi connectivity index (χ0) is 15.1. The highest BCUT2D eigenvalue weighted by molar-refractivity contribution is 6.33. The minimum atomic E-state index is -0.273. The van der Waals surface area contributed by atoms with Crippen molar-refractivity contribution < 1.29 is 4.79 Å². The van der Waals surface area contributed by atoms with E-state index in [1.807, 2.05) is 0 Å². The highest BCUT2D eigenvalue weighted by Gasteiger charge is 2.64. The van der Waals surface area contributed by atoms with Crippen molar-refractivity contribution in [1.82, 2.24) is 10.3 Å². The molecule has 1 amide bonds. The van der Waals surface area contributed by atoms with Gasteiger partial charge in [0.1, 0.15) is 11.5 Å². The maximum atomic E-state index is 12.2. The molecule has 0 saturated heterocycles. The van der Waals surface area contributed by atoms with Gasteiger partial charge in [-0.25, -0.2) is 10.8 Å². The molecule has 20 heavy (non-hydrogen) atoms. The van der Waals surface area contributed by atoms with Crippen LogP contribution in [0.5, 0.6) is 0 Å². The molecular formula is C14H21ClN4O. The molecule has 2 rings (SSSR count). The van der Waals surface area contributed by atoms with Crippen LogP contribution in [-0.4, -0.2) is 17.4 Å². The molecule has 1 aliphatic rings. The molecule has 0 atom stereocenters. The second-order valence-corrected chi connectivity index (χ2v) is 6.78. The number of rotatable bonds is 4. The zero-order valence-corrected chi connectivity index (χ0v) is 13.0. The molecule has 1 aromatic heterocycles. The maximum Gasteiger partial charge on any atom is 0.271 e. The number of nitrogens with one attached hydrogen (secondary N) is 2. The van der Waals surface area contributed by atoms with Crippen molar-refractivity contribution in [2.45, 2.75) is 27.7 Å². The van der Waals surface area contributed by atoms with Gasteiger partial charge in [-0.1, -0.05) is 39.3 Å². The topological polar surface area (TPSA) is 80.0 Å². The summed E-state index contributed by atoms with van der Waals surface area (Å²) in [7, 11) is 0. The molecule has 4 N–H and O–H groups in total. The normalized spacial score (nSPS) is 19.5. The number of halogens is 1. The lowest BCUT2D eigenvalue weighted by Gasteiger charge is -2.08. The number of nitrogen functional groups attached to an aromatic ring is 1. The van der Waals surface area contributed by atoms with E-state index in [-0.39, 0.29) is 22.4 Å². The monoisotopic (exact) mass is 296 g/mol. The Morgan fingerprint density at radius 1 is 1.35 bits per heavy atom. The Bertz CT molecular complexity index is 528. The molecule has 110 valence electrons. The summed E-state index contributed by atoms with van der Waals surface area (Å²) in [5.74, 6) is 5.87. The van der Waals surface area contributed by atoms with Crippen LogP contribution in [0, 0.1) is 16.7 Å². The van der Waals surface area contributed by atoms with E-state index >= 15 is 0 Å². The number of hydrogen-bond acceptors (Lipinski definition) is 4. The minimum Gasteiger partial charge on any atom is -0.350 e. The Labute approximate surface area is 124 Å². The molecule has 1 fully saturated rings. The molecule has 0 bridgehead atoms. The van der Waals surface area contributed by atoms with Gasteiger partial charge in [0.05, 0.1) is 5.02 Å². The average molecular weight is 297 g/mol. The van der Waals surface area contributed by atoms with Crippen LogP contribution in [0.25, 0.3) is 0 Å². The van der Waals surface area contributed by atoms with Crippen LogP contribution >= 0.6 is 11.6 Å². The average Bonchev–Trinajstić information content (AvgIpc) is 2.77. The number of carbonyl (C=O) groups excluding carboxylic acids is 1. The van der Waals surface area contributed by atoms with Crippen molar-refractivity contribution in [3.8, 4) is 0 Å². The summed E-state index contributed by atoms with van der Waals surface area (Å²) in [6, 6.07) is 3.22. The number of nitrogens with zero attached hydrogens (tertiary/aromatic N) is 1. The largest absolute Gasteiger partial charge is 0.350 e. The number of carbonyl (C=O) groups is 1. The molecule has 0 unspecified atom stereocenters. The molecule has 5 nitrogen and oxygen atoms in total.